The van der Waals surface area contributed by atoms with Crippen LogP contribution in [0.25, 0.3) is 0 Å². The van der Waals surface area contributed by atoms with E-state index in [2.05, 4.69) is 9.88 Å². The quantitative estimate of drug-likeness (QED) is 0.915. The van der Waals surface area contributed by atoms with Crippen LogP contribution in [-0.2, 0) is 0 Å². The van der Waals surface area contributed by atoms with Crippen LogP contribution in [0.1, 0.15) is 48.5 Å². The van der Waals surface area contributed by atoms with Crippen molar-refractivity contribution in [2.24, 2.45) is 0 Å². The lowest BCUT2D eigenvalue weighted by molar-refractivity contribution is -0.0243. The molecule has 6 heteroatoms. The molecule has 1 aromatic rings. The summed E-state index contributed by atoms with van der Waals surface area (Å²) < 4.78 is 5.12. The minimum Gasteiger partial charge on any atom is -0.448 e. The van der Waals surface area contributed by atoms with Crippen LogP contribution in [0, 0.1) is 6.92 Å². The molecule has 0 unspecified atom stereocenters. The second-order valence-electron chi connectivity index (χ2n) is 6.47. The number of oxazole rings is 1. The van der Waals surface area contributed by atoms with E-state index in [0.29, 0.717) is 11.6 Å². The summed E-state index contributed by atoms with van der Waals surface area (Å²) in [5, 5.41) is 10.8. The predicted molar refractivity (Wildman–Crippen MR) is 81.6 cm³/mol. The van der Waals surface area contributed by atoms with Crippen LogP contribution in [0.15, 0.2) is 10.7 Å². The minimum absolute atomic E-state index is 0.149. The smallest absolute Gasteiger partial charge is 0.275 e. The third kappa shape index (κ3) is 2.90. The van der Waals surface area contributed by atoms with E-state index in [4.69, 9.17) is 4.42 Å². The minimum atomic E-state index is -0.492. The average molecular weight is 307 g/mol. The fourth-order valence-corrected chi connectivity index (χ4v) is 3.82. The Morgan fingerprint density at radius 2 is 2.09 bits per heavy atom. The van der Waals surface area contributed by atoms with Gasteiger partial charge < -0.3 is 14.4 Å². The maximum Gasteiger partial charge on any atom is 0.275 e. The molecule has 2 aliphatic rings. The second-order valence-corrected chi connectivity index (χ2v) is 6.47. The molecule has 1 aliphatic carbocycles. The van der Waals surface area contributed by atoms with E-state index in [1.54, 1.807) is 18.9 Å². The van der Waals surface area contributed by atoms with Crippen LogP contribution in [0.2, 0.25) is 0 Å². The fraction of sp³-hybridized carbons (Fsp3) is 0.750. The molecular formula is C16H25N3O3. The number of aromatic nitrogens is 1. The van der Waals surface area contributed by atoms with E-state index in [1.165, 1.54) is 19.1 Å². The van der Waals surface area contributed by atoms with Gasteiger partial charge in [-0.25, -0.2) is 4.98 Å². The third-order valence-corrected chi connectivity index (χ3v) is 5.05. The van der Waals surface area contributed by atoms with Crippen LogP contribution < -0.4 is 0 Å². The van der Waals surface area contributed by atoms with Gasteiger partial charge in [0.1, 0.15) is 6.26 Å². The first-order chi connectivity index (χ1) is 10.6. The van der Waals surface area contributed by atoms with Crippen molar-refractivity contribution in [3.05, 3.63) is 17.8 Å². The van der Waals surface area contributed by atoms with E-state index in [9.17, 15) is 9.90 Å². The average Bonchev–Trinajstić information content (AvgIpc) is 3.17. The van der Waals surface area contributed by atoms with Gasteiger partial charge in [0.25, 0.3) is 5.91 Å². The van der Waals surface area contributed by atoms with E-state index in [-0.39, 0.29) is 18.0 Å². The topological polar surface area (TPSA) is 69.8 Å². The number of aliphatic hydroxyl groups excluding tert-OH is 1. The standard InChI is InChI=1S/C16H25N3O3/c1-11-17-12(10-22-11)16(21)18(2)13-6-5-7-14(15(13)20)19-8-3-4-9-19/h10,13-15,20H,3-9H2,1-2H3/t13-,14-,15-/m1/s1. The van der Waals surface area contributed by atoms with Gasteiger partial charge in [0.2, 0.25) is 0 Å². The Bertz CT molecular complexity index is 524. The molecule has 0 bridgehead atoms. The van der Waals surface area contributed by atoms with Gasteiger partial charge in [0.05, 0.1) is 12.1 Å². The maximum absolute atomic E-state index is 12.5. The van der Waals surface area contributed by atoms with Crippen LogP contribution >= 0.6 is 0 Å². The molecule has 1 N–H and O–H groups in total. The number of likely N-dealkylation sites (N-methyl/N-ethyl adjacent to an activating group) is 1. The number of amides is 1. The Hall–Kier alpha value is -1.40. The number of likely N-dealkylation sites (tertiary alicyclic amines) is 1. The summed E-state index contributed by atoms with van der Waals surface area (Å²) in [6, 6.07) is 0.0272. The molecule has 122 valence electrons. The van der Waals surface area contributed by atoms with Gasteiger partial charge in [-0.05, 0) is 45.2 Å². The Morgan fingerprint density at radius 3 is 2.73 bits per heavy atom. The van der Waals surface area contributed by atoms with Gasteiger partial charge in [0, 0.05) is 20.0 Å². The largest absolute Gasteiger partial charge is 0.448 e. The van der Waals surface area contributed by atoms with Crippen molar-refractivity contribution in [1.82, 2.24) is 14.8 Å². The van der Waals surface area contributed by atoms with Crippen LogP contribution in [0.5, 0.6) is 0 Å². The monoisotopic (exact) mass is 307 g/mol. The lowest BCUT2D eigenvalue weighted by atomic mass is 9.86. The van der Waals surface area contributed by atoms with E-state index < -0.39 is 6.10 Å². The summed E-state index contributed by atoms with van der Waals surface area (Å²) in [5.74, 6) is 0.304. The summed E-state index contributed by atoms with van der Waals surface area (Å²) in [5.41, 5.74) is 0.315. The Morgan fingerprint density at radius 1 is 1.36 bits per heavy atom. The van der Waals surface area contributed by atoms with Gasteiger partial charge in [-0.3, -0.25) is 9.69 Å². The van der Waals surface area contributed by atoms with Crippen molar-refractivity contribution in [3.63, 3.8) is 0 Å². The summed E-state index contributed by atoms with van der Waals surface area (Å²) in [6.45, 7) is 3.85. The van der Waals surface area contributed by atoms with Gasteiger partial charge >= 0.3 is 0 Å². The van der Waals surface area contributed by atoms with E-state index >= 15 is 0 Å². The summed E-state index contributed by atoms with van der Waals surface area (Å²) in [4.78, 5) is 20.6. The highest BCUT2D eigenvalue weighted by Gasteiger charge is 2.39. The molecule has 0 radical (unpaired) electrons. The molecule has 1 amide bonds. The maximum atomic E-state index is 12.5. The predicted octanol–water partition coefficient (Wildman–Crippen LogP) is 1.43. The van der Waals surface area contributed by atoms with Crippen molar-refractivity contribution in [2.75, 3.05) is 20.1 Å². The van der Waals surface area contributed by atoms with Gasteiger partial charge in [-0.2, -0.15) is 0 Å². The molecule has 2 fully saturated rings. The molecule has 1 aliphatic heterocycles. The Balaban J connectivity index is 1.70. The molecule has 2 heterocycles. The first-order valence-corrected chi connectivity index (χ1v) is 8.19. The normalized spacial score (nSPS) is 29.7. The first kappa shape index (κ1) is 15.5. The van der Waals surface area contributed by atoms with Gasteiger partial charge in [0.15, 0.2) is 11.6 Å². The number of carbonyl (C=O) groups is 1. The number of carbonyl (C=O) groups excluding carboxylic acids is 1. The molecule has 1 saturated heterocycles. The molecule has 0 spiro atoms. The third-order valence-electron chi connectivity index (χ3n) is 5.05. The summed E-state index contributed by atoms with van der Waals surface area (Å²) >= 11 is 0. The highest BCUT2D eigenvalue weighted by molar-refractivity contribution is 5.92. The number of aryl methyl sites for hydroxylation is 1. The lowest BCUT2D eigenvalue weighted by Gasteiger charge is -2.43. The van der Waals surface area contributed by atoms with Crippen molar-refractivity contribution < 1.29 is 14.3 Å². The zero-order valence-electron chi connectivity index (χ0n) is 13.4. The van der Waals surface area contributed by atoms with Crippen molar-refractivity contribution >= 4 is 5.91 Å². The Kier molecular flexibility index (Phi) is 4.49. The summed E-state index contributed by atoms with van der Waals surface area (Å²) in [6.07, 6.45) is 6.21. The first-order valence-electron chi connectivity index (χ1n) is 8.19. The highest BCUT2D eigenvalue weighted by Crippen LogP contribution is 2.29. The number of rotatable bonds is 3. The molecule has 1 aromatic heterocycles. The molecular weight excluding hydrogens is 282 g/mol. The number of hydrogen-bond acceptors (Lipinski definition) is 5. The SMILES string of the molecule is Cc1nc(C(=O)N(C)[C@@H]2CCC[C@@H](N3CCCC3)[C@@H]2O)co1. The zero-order valence-corrected chi connectivity index (χ0v) is 13.4. The van der Waals surface area contributed by atoms with Crippen LogP contribution in [0.3, 0.4) is 0 Å². The van der Waals surface area contributed by atoms with E-state index in [0.717, 1.165) is 32.4 Å². The Labute approximate surface area is 131 Å². The van der Waals surface area contributed by atoms with Gasteiger partial charge in [-0.1, -0.05) is 0 Å². The fourth-order valence-electron chi connectivity index (χ4n) is 3.82. The zero-order chi connectivity index (χ0) is 15.7. The van der Waals surface area contributed by atoms with Gasteiger partial charge in [-0.15, -0.1) is 0 Å². The molecule has 22 heavy (non-hydrogen) atoms. The van der Waals surface area contributed by atoms with Crippen molar-refractivity contribution in [1.29, 1.82) is 0 Å². The molecule has 3 atom stereocenters. The van der Waals surface area contributed by atoms with Crippen LogP contribution in [-0.4, -0.2) is 64.1 Å². The summed E-state index contributed by atoms with van der Waals surface area (Å²) in [7, 11) is 1.76. The highest BCUT2D eigenvalue weighted by atomic mass is 16.3. The molecule has 6 nitrogen and oxygen atoms in total. The van der Waals surface area contributed by atoms with Crippen molar-refractivity contribution in [3.8, 4) is 0 Å². The molecule has 1 saturated carbocycles. The number of aliphatic hydroxyl groups is 1. The van der Waals surface area contributed by atoms with Crippen molar-refractivity contribution in [2.45, 2.75) is 57.2 Å². The van der Waals surface area contributed by atoms with E-state index in [1.807, 2.05) is 0 Å². The van der Waals surface area contributed by atoms with Crippen LogP contribution in [0.4, 0.5) is 0 Å². The number of nitrogens with zero attached hydrogens (tertiary/aromatic N) is 3. The number of hydrogen-bond donors (Lipinski definition) is 1. The lowest BCUT2D eigenvalue weighted by Crippen LogP contribution is -2.56. The molecule has 3 rings (SSSR count). The molecule has 0 aromatic carbocycles. The second kappa shape index (κ2) is 6.38.